The van der Waals surface area contributed by atoms with E-state index in [1.165, 1.54) is 4.90 Å². The van der Waals surface area contributed by atoms with Gasteiger partial charge >= 0.3 is 0 Å². The van der Waals surface area contributed by atoms with Crippen molar-refractivity contribution in [3.05, 3.63) is 65.7 Å². The fourth-order valence-corrected chi connectivity index (χ4v) is 2.42. The fraction of sp³-hybridized carbons (Fsp3) is 0.263. The molecule has 2 aromatic carbocycles. The number of hydrogen-bond donors (Lipinski definition) is 1. The van der Waals surface area contributed by atoms with Gasteiger partial charge in [-0.2, -0.15) is 0 Å². The van der Waals surface area contributed by atoms with E-state index in [0.29, 0.717) is 23.4 Å². The molecule has 5 nitrogen and oxygen atoms in total. The van der Waals surface area contributed by atoms with Gasteiger partial charge in [0.2, 0.25) is 5.91 Å². The van der Waals surface area contributed by atoms with Gasteiger partial charge in [0.05, 0.1) is 18.8 Å². The Labute approximate surface area is 142 Å². The van der Waals surface area contributed by atoms with Crippen molar-refractivity contribution < 1.29 is 14.7 Å². The number of carbonyl (C=O) groups is 2. The summed E-state index contributed by atoms with van der Waals surface area (Å²) < 4.78 is 0. The van der Waals surface area contributed by atoms with Crippen LogP contribution >= 0.6 is 0 Å². The third kappa shape index (κ3) is 4.28. The molecule has 0 fully saturated rings. The summed E-state index contributed by atoms with van der Waals surface area (Å²) >= 11 is 0. The fourth-order valence-electron chi connectivity index (χ4n) is 2.42. The zero-order valence-electron chi connectivity index (χ0n) is 14.0. The Hall–Kier alpha value is -2.50. The first-order valence-corrected chi connectivity index (χ1v) is 7.79. The Morgan fingerprint density at radius 2 is 1.58 bits per heavy atom. The van der Waals surface area contributed by atoms with E-state index in [4.69, 9.17) is 5.11 Å². The molecule has 0 atom stereocenters. The summed E-state index contributed by atoms with van der Waals surface area (Å²) in [5, 5.41) is 8.94. The first-order chi connectivity index (χ1) is 11.5. The maximum atomic E-state index is 12.7. The van der Waals surface area contributed by atoms with Crippen molar-refractivity contribution in [2.75, 3.05) is 38.7 Å². The van der Waals surface area contributed by atoms with Crippen LogP contribution in [-0.4, -0.2) is 55.5 Å². The molecular weight excluding hydrogens is 304 g/mol. The standard InChI is InChI=1S/C19H22N2O3/c1-20(12-13-22)14-18(23)21(2)17-11-7-6-10-16(17)19(24)15-8-4-3-5-9-15/h3-11,22H,12-14H2,1-2H3. The molecule has 126 valence electrons. The number of hydrogen-bond acceptors (Lipinski definition) is 4. The summed E-state index contributed by atoms with van der Waals surface area (Å²) in [6.45, 7) is 0.589. The van der Waals surface area contributed by atoms with Crippen molar-refractivity contribution in [3.8, 4) is 0 Å². The van der Waals surface area contributed by atoms with Gasteiger partial charge in [-0.25, -0.2) is 0 Å². The molecule has 0 aliphatic heterocycles. The highest BCUT2D eigenvalue weighted by Gasteiger charge is 2.20. The molecule has 0 aliphatic carbocycles. The van der Waals surface area contributed by atoms with Gasteiger partial charge in [-0.15, -0.1) is 0 Å². The van der Waals surface area contributed by atoms with E-state index in [1.54, 1.807) is 55.4 Å². The number of carbonyl (C=O) groups excluding carboxylic acids is 2. The van der Waals surface area contributed by atoms with E-state index in [-0.39, 0.29) is 24.8 Å². The topological polar surface area (TPSA) is 60.9 Å². The molecule has 0 unspecified atom stereocenters. The molecule has 0 radical (unpaired) electrons. The largest absolute Gasteiger partial charge is 0.395 e. The average molecular weight is 326 g/mol. The summed E-state index contributed by atoms with van der Waals surface area (Å²) in [5.41, 5.74) is 1.65. The Kier molecular flexibility index (Phi) is 6.23. The minimum absolute atomic E-state index is 0.00340. The van der Waals surface area contributed by atoms with Crippen LogP contribution in [0.3, 0.4) is 0 Å². The van der Waals surface area contributed by atoms with Crippen LogP contribution in [0.4, 0.5) is 5.69 Å². The number of para-hydroxylation sites is 1. The lowest BCUT2D eigenvalue weighted by Gasteiger charge is -2.23. The summed E-state index contributed by atoms with van der Waals surface area (Å²) in [5.74, 6) is -0.256. The molecule has 1 N–H and O–H groups in total. The van der Waals surface area contributed by atoms with Gasteiger partial charge in [0, 0.05) is 24.7 Å². The highest BCUT2D eigenvalue weighted by atomic mass is 16.3. The molecular formula is C19H22N2O3. The number of amides is 1. The lowest BCUT2D eigenvalue weighted by Crippen LogP contribution is -2.38. The lowest BCUT2D eigenvalue weighted by molar-refractivity contribution is -0.119. The number of benzene rings is 2. The Morgan fingerprint density at radius 3 is 2.25 bits per heavy atom. The number of anilines is 1. The maximum absolute atomic E-state index is 12.7. The molecule has 0 spiro atoms. The maximum Gasteiger partial charge on any atom is 0.240 e. The first-order valence-electron chi connectivity index (χ1n) is 7.79. The third-order valence-electron chi connectivity index (χ3n) is 3.81. The second-order valence-electron chi connectivity index (χ2n) is 5.63. The zero-order valence-corrected chi connectivity index (χ0v) is 14.0. The van der Waals surface area contributed by atoms with E-state index in [0.717, 1.165) is 0 Å². The van der Waals surface area contributed by atoms with Crippen LogP contribution in [0.5, 0.6) is 0 Å². The third-order valence-corrected chi connectivity index (χ3v) is 3.81. The number of rotatable bonds is 7. The van der Waals surface area contributed by atoms with E-state index in [2.05, 4.69) is 0 Å². The monoisotopic (exact) mass is 326 g/mol. The Morgan fingerprint density at radius 1 is 0.958 bits per heavy atom. The molecule has 24 heavy (non-hydrogen) atoms. The van der Waals surface area contributed by atoms with Gasteiger partial charge < -0.3 is 10.0 Å². The minimum Gasteiger partial charge on any atom is -0.395 e. The highest BCUT2D eigenvalue weighted by molar-refractivity contribution is 6.14. The number of likely N-dealkylation sites (N-methyl/N-ethyl adjacent to an activating group) is 2. The van der Waals surface area contributed by atoms with Crippen LogP contribution in [0.2, 0.25) is 0 Å². The smallest absolute Gasteiger partial charge is 0.240 e. The van der Waals surface area contributed by atoms with Gasteiger partial charge in [0.15, 0.2) is 5.78 Å². The molecule has 1 amide bonds. The minimum atomic E-state index is -0.140. The van der Waals surface area contributed by atoms with Gasteiger partial charge in [-0.05, 0) is 19.2 Å². The normalized spacial score (nSPS) is 10.7. The highest BCUT2D eigenvalue weighted by Crippen LogP contribution is 2.22. The van der Waals surface area contributed by atoms with Crippen LogP contribution in [0.25, 0.3) is 0 Å². The molecule has 0 aromatic heterocycles. The molecule has 0 aliphatic rings. The van der Waals surface area contributed by atoms with E-state index in [9.17, 15) is 9.59 Å². The van der Waals surface area contributed by atoms with Crippen molar-refractivity contribution in [3.63, 3.8) is 0 Å². The molecule has 5 heteroatoms. The molecule has 0 saturated heterocycles. The second kappa shape index (κ2) is 8.38. The van der Waals surface area contributed by atoms with Gasteiger partial charge in [0.1, 0.15) is 0 Å². The Bertz CT molecular complexity index is 701. The average Bonchev–Trinajstić information content (AvgIpc) is 2.61. The van der Waals surface area contributed by atoms with E-state index >= 15 is 0 Å². The summed E-state index contributed by atoms with van der Waals surface area (Å²) in [4.78, 5) is 28.4. The molecule has 2 rings (SSSR count). The predicted molar refractivity (Wildman–Crippen MR) is 94.3 cm³/mol. The molecule has 0 heterocycles. The Balaban J connectivity index is 2.25. The number of aliphatic hydroxyl groups is 1. The second-order valence-corrected chi connectivity index (χ2v) is 5.63. The van der Waals surface area contributed by atoms with Crippen LogP contribution in [0.1, 0.15) is 15.9 Å². The van der Waals surface area contributed by atoms with Crippen LogP contribution < -0.4 is 4.90 Å². The van der Waals surface area contributed by atoms with Crippen LogP contribution in [0, 0.1) is 0 Å². The van der Waals surface area contributed by atoms with Crippen molar-refractivity contribution in [1.82, 2.24) is 4.90 Å². The quantitative estimate of drug-likeness (QED) is 0.788. The lowest BCUT2D eigenvalue weighted by atomic mass is 10.0. The van der Waals surface area contributed by atoms with Crippen LogP contribution in [-0.2, 0) is 4.79 Å². The van der Waals surface area contributed by atoms with E-state index in [1.807, 2.05) is 18.2 Å². The molecule has 0 saturated carbocycles. The van der Waals surface area contributed by atoms with Crippen molar-refractivity contribution in [2.45, 2.75) is 0 Å². The van der Waals surface area contributed by atoms with Crippen molar-refractivity contribution in [2.24, 2.45) is 0 Å². The summed E-state index contributed by atoms with van der Waals surface area (Å²) in [6.07, 6.45) is 0. The predicted octanol–water partition coefficient (Wildman–Crippen LogP) is 1.80. The van der Waals surface area contributed by atoms with Gasteiger partial charge in [0.25, 0.3) is 0 Å². The zero-order chi connectivity index (χ0) is 17.5. The van der Waals surface area contributed by atoms with Gasteiger partial charge in [-0.1, -0.05) is 42.5 Å². The summed E-state index contributed by atoms with van der Waals surface area (Å²) in [6, 6.07) is 16.1. The SMILES string of the molecule is CN(CCO)CC(=O)N(C)c1ccccc1C(=O)c1ccccc1. The van der Waals surface area contributed by atoms with Crippen molar-refractivity contribution in [1.29, 1.82) is 0 Å². The molecule has 2 aromatic rings. The van der Waals surface area contributed by atoms with Crippen LogP contribution in [0.15, 0.2) is 54.6 Å². The van der Waals surface area contributed by atoms with E-state index < -0.39 is 0 Å². The van der Waals surface area contributed by atoms with Crippen molar-refractivity contribution >= 4 is 17.4 Å². The number of aliphatic hydroxyl groups excluding tert-OH is 1. The first kappa shape index (κ1) is 17.8. The van der Waals surface area contributed by atoms with Gasteiger partial charge in [-0.3, -0.25) is 14.5 Å². The molecule has 0 bridgehead atoms. The number of ketones is 1. The summed E-state index contributed by atoms with van der Waals surface area (Å²) in [7, 11) is 3.43. The number of nitrogens with zero attached hydrogens (tertiary/aromatic N) is 2.